The molecule has 1 fully saturated rings. The molecule has 140 valence electrons. The fourth-order valence-electron chi connectivity index (χ4n) is 3.42. The van der Waals surface area contributed by atoms with Gasteiger partial charge in [-0.15, -0.1) is 0 Å². The summed E-state index contributed by atoms with van der Waals surface area (Å²) in [5.41, 5.74) is 3.59. The largest absolute Gasteiger partial charge is 0.378 e. The molecule has 0 spiro atoms. The molecule has 1 amide bonds. The van der Waals surface area contributed by atoms with Gasteiger partial charge in [0.2, 0.25) is 0 Å². The van der Waals surface area contributed by atoms with E-state index in [1.807, 2.05) is 30.5 Å². The molecule has 0 aliphatic carbocycles. The van der Waals surface area contributed by atoms with Crippen LogP contribution < -0.4 is 10.2 Å². The van der Waals surface area contributed by atoms with Crippen LogP contribution in [0.2, 0.25) is 0 Å². The van der Waals surface area contributed by atoms with Crippen LogP contribution >= 0.6 is 0 Å². The van der Waals surface area contributed by atoms with Crippen molar-refractivity contribution in [3.8, 4) is 0 Å². The third kappa shape index (κ3) is 3.95. The molecule has 0 bridgehead atoms. The summed E-state index contributed by atoms with van der Waals surface area (Å²) in [6, 6.07) is 12.4. The monoisotopic (exact) mass is 367 g/mol. The van der Waals surface area contributed by atoms with Gasteiger partial charge in [-0.2, -0.15) is 0 Å². The lowest BCUT2D eigenvalue weighted by molar-refractivity contribution is 0.0954. The number of carbonyl (C=O) groups excluding carboxylic acids is 1. The highest BCUT2D eigenvalue weighted by Crippen LogP contribution is 2.20. The van der Waals surface area contributed by atoms with Crippen molar-refractivity contribution in [2.24, 2.45) is 0 Å². The Kier molecular flexibility index (Phi) is 5.07. The van der Waals surface area contributed by atoms with Crippen molar-refractivity contribution in [2.45, 2.75) is 6.42 Å². The van der Waals surface area contributed by atoms with E-state index in [0.717, 1.165) is 48.5 Å². The summed E-state index contributed by atoms with van der Waals surface area (Å²) in [6.45, 7) is 3.75. The fourth-order valence-corrected chi connectivity index (χ4v) is 3.42. The molecule has 0 saturated carbocycles. The van der Waals surface area contributed by atoms with Crippen LogP contribution in [0.15, 0.2) is 48.7 Å². The van der Waals surface area contributed by atoms with Gasteiger partial charge in [-0.25, -0.2) is 4.39 Å². The zero-order valence-electron chi connectivity index (χ0n) is 15.0. The van der Waals surface area contributed by atoms with Crippen LogP contribution in [0.1, 0.15) is 15.9 Å². The minimum atomic E-state index is -0.260. The Morgan fingerprint density at radius 3 is 2.70 bits per heavy atom. The number of H-pyrrole nitrogens is 1. The van der Waals surface area contributed by atoms with Crippen molar-refractivity contribution >= 4 is 22.5 Å². The van der Waals surface area contributed by atoms with Gasteiger partial charge >= 0.3 is 0 Å². The van der Waals surface area contributed by atoms with Gasteiger partial charge in [-0.1, -0.05) is 0 Å². The Morgan fingerprint density at radius 1 is 1.15 bits per heavy atom. The first-order valence-corrected chi connectivity index (χ1v) is 9.17. The Morgan fingerprint density at radius 2 is 1.93 bits per heavy atom. The lowest BCUT2D eigenvalue weighted by atomic mass is 10.1. The first-order chi connectivity index (χ1) is 13.2. The van der Waals surface area contributed by atoms with Crippen molar-refractivity contribution in [3.05, 3.63) is 65.6 Å². The van der Waals surface area contributed by atoms with Gasteiger partial charge in [0, 0.05) is 48.0 Å². The first-order valence-electron chi connectivity index (χ1n) is 9.17. The van der Waals surface area contributed by atoms with Gasteiger partial charge in [0.15, 0.2) is 0 Å². The topological polar surface area (TPSA) is 57.4 Å². The van der Waals surface area contributed by atoms with Crippen LogP contribution in [0.5, 0.6) is 0 Å². The fraction of sp³-hybridized carbons (Fsp3) is 0.286. The number of morpholine rings is 1. The number of nitrogens with zero attached hydrogens (tertiary/aromatic N) is 1. The van der Waals surface area contributed by atoms with E-state index in [0.29, 0.717) is 18.5 Å². The summed E-state index contributed by atoms with van der Waals surface area (Å²) in [6.07, 6.45) is 2.55. The van der Waals surface area contributed by atoms with E-state index in [9.17, 15) is 9.18 Å². The zero-order chi connectivity index (χ0) is 18.6. The van der Waals surface area contributed by atoms with E-state index in [-0.39, 0.29) is 11.7 Å². The van der Waals surface area contributed by atoms with Gasteiger partial charge in [-0.3, -0.25) is 4.79 Å². The molecule has 1 saturated heterocycles. The summed E-state index contributed by atoms with van der Waals surface area (Å²) >= 11 is 0. The molecule has 2 heterocycles. The number of anilines is 1. The predicted octanol–water partition coefficient (Wildman–Crippen LogP) is 3.12. The number of rotatable bonds is 5. The number of hydrogen-bond donors (Lipinski definition) is 2. The van der Waals surface area contributed by atoms with Crippen molar-refractivity contribution in [2.75, 3.05) is 37.7 Å². The number of nitrogens with one attached hydrogen (secondary N) is 2. The van der Waals surface area contributed by atoms with E-state index in [2.05, 4.69) is 15.2 Å². The molecule has 0 atom stereocenters. The van der Waals surface area contributed by atoms with E-state index < -0.39 is 0 Å². The van der Waals surface area contributed by atoms with Crippen LogP contribution in [0, 0.1) is 5.82 Å². The minimum absolute atomic E-state index is 0.0885. The number of benzene rings is 2. The SMILES string of the molecule is O=C(NCCc1c[nH]c2cc(F)ccc12)c1ccc(N2CCOCC2)cc1. The number of aromatic amines is 1. The molecule has 0 unspecified atom stereocenters. The highest BCUT2D eigenvalue weighted by Gasteiger charge is 2.12. The lowest BCUT2D eigenvalue weighted by Gasteiger charge is -2.28. The van der Waals surface area contributed by atoms with Gasteiger partial charge in [0.05, 0.1) is 13.2 Å². The number of aromatic nitrogens is 1. The maximum absolute atomic E-state index is 13.3. The number of carbonyl (C=O) groups is 1. The third-order valence-electron chi connectivity index (χ3n) is 4.92. The molecule has 27 heavy (non-hydrogen) atoms. The molecule has 4 rings (SSSR count). The highest BCUT2D eigenvalue weighted by molar-refractivity contribution is 5.94. The molecule has 0 radical (unpaired) electrons. The molecule has 1 aromatic heterocycles. The number of ether oxygens (including phenoxy) is 1. The van der Waals surface area contributed by atoms with Crippen LogP contribution in [-0.2, 0) is 11.2 Å². The van der Waals surface area contributed by atoms with Crippen LogP contribution in [0.25, 0.3) is 10.9 Å². The summed E-state index contributed by atoms with van der Waals surface area (Å²) in [5.74, 6) is -0.348. The second kappa shape index (κ2) is 7.80. The van der Waals surface area contributed by atoms with Gasteiger partial charge in [-0.05, 0) is 54.4 Å². The number of halogens is 1. The average molecular weight is 367 g/mol. The van der Waals surface area contributed by atoms with Gasteiger partial charge in [0.1, 0.15) is 5.82 Å². The van der Waals surface area contributed by atoms with Crippen molar-refractivity contribution in [1.82, 2.24) is 10.3 Å². The minimum Gasteiger partial charge on any atom is -0.378 e. The van der Waals surface area contributed by atoms with Crippen molar-refractivity contribution in [1.29, 1.82) is 0 Å². The highest BCUT2D eigenvalue weighted by atomic mass is 19.1. The Hall–Kier alpha value is -2.86. The molecule has 1 aliphatic rings. The molecule has 3 aromatic rings. The van der Waals surface area contributed by atoms with Gasteiger partial charge < -0.3 is 19.9 Å². The van der Waals surface area contributed by atoms with Crippen molar-refractivity contribution < 1.29 is 13.9 Å². The first kappa shape index (κ1) is 17.5. The molecule has 5 nitrogen and oxygen atoms in total. The number of fused-ring (bicyclic) bond motifs is 1. The maximum atomic E-state index is 13.3. The normalized spacial score (nSPS) is 14.5. The van der Waals surface area contributed by atoms with E-state index in [4.69, 9.17) is 4.74 Å². The quantitative estimate of drug-likeness (QED) is 0.729. The maximum Gasteiger partial charge on any atom is 0.251 e. The third-order valence-corrected chi connectivity index (χ3v) is 4.92. The number of hydrogen-bond acceptors (Lipinski definition) is 3. The summed E-state index contributed by atoms with van der Waals surface area (Å²) in [4.78, 5) is 17.7. The van der Waals surface area contributed by atoms with Gasteiger partial charge in [0.25, 0.3) is 5.91 Å². The summed E-state index contributed by atoms with van der Waals surface area (Å²) in [7, 11) is 0. The molecule has 2 aromatic carbocycles. The molecular formula is C21H22FN3O2. The van der Waals surface area contributed by atoms with Crippen LogP contribution in [0.4, 0.5) is 10.1 Å². The number of amides is 1. The van der Waals surface area contributed by atoms with Crippen LogP contribution in [-0.4, -0.2) is 43.7 Å². The molecule has 2 N–H and O–H groups in total. The Labute approximate surface area is 157 Å². The molecule has 1 aliphatic heterocycles. The Bertz CT molecular complexity index is 930. The molecular weight excluding hydrogens is 345 g/mol. The predicted molar refractivity (Wildman–Crippen MR) is 104 cm³/mol. The Balaban J connectivity index is 1.33. The summed E-state index contributed by atoms with van der Waals surface area (Å²) < 4.78 is 18.6. The molecule has 6 heteroatoms. The second-order valence-corrected chi connectivity index (χ2v) is 6.66. The van der Waals surface area contributed by atoms with Crippen molar-refractivity contribution in [3.63, 3.8) is 0 Å². The van der Waals surface area contributed by atoms with E-state index >= 15 is 0 Å². The lowest BCUT2D eigenvalue weighted by Crippen LogP contribution is -2.36. The zero-order valence-corrected chi connectivity index (χ0v) is 15.0. The van der Waals surface area contributed by atoms with E-state index in [1.165, 1.54) is 12.1 Å². The van der Waals surface area contributed by atoms with E-state index in [1.54, 1.807) is 6.07 Å². The second-order valence-electron chi connectivity index (χ2n) is 6.66. The summed E-state index contributed by atoms with van der Waals surface area (Å²) in [5, 5.41) is 3.94. The average Bonchev–Trinajstić information content (AvgIpc) is 3.10. The van der Waals surface area contributed by atoms with Crippen LogP contribution in [0.3, 0.4) is 0 Å². The standard InChI is InChI=1S/C21H22FN3O2/c22-17-3-6-19-16(14-24-20(19)13-17)7-8-23-21(26)15-1-4-18(5-2-15)25-9-11-27-12-10-25/h1-6,13-14,24H,7-12H2,(H,23,26). The smallest absolute Gasteiger partial charge is 0.251 e.